The van der Waals surface area contributed by atoms with Crippen LogP contribution in [0.2, 0.25) is 0 Å². The summed E-state index contributed by atoms with van der Waals surface area (Å²) in [6, 6.07) is 9.34. The molecule has 0 unspecified atom stereocenters. The fraction of sp³-hybridized carbons (Fsp3) is 0. The normalized spacial score (nSPS) is 11.5. The van der Waals surface area contributed by atoms with Crippen LogP contribution in [0.25, 0.3) is 22.9 Å². The summed E-state index contributed by atoms with van der Waals surface area (Å²) in [7, 11) is 0. The van der Waals surface area contributed by atoms with Crippen molar-refractivity contribution in [2.45, 2.75) is 0 Å². The first kappa shape index (κ1) is 16.8. The Labute approximate surface area is 144 Å². The predicted octanol–water partition coefficient (Wildman–Crippen LogP) is 2.80. The van der Waals surface area contributed by atoms with Crippen molar-refractivity contribution in [2.24, 2.45) is 0 Å². The van der Waals surface area contributed by atoms with Crippen LogP contribution in [-0.4, -0.2) is 24.9 Å². The van der Waals surface area contributed by atoms with Gasteiger partial charge in [-0.15, -0.1) is 0 Å². The molecule has 0 amide bonds. The topological polar surface area (TPSA) is 152 Å². The predicted molar refractivity (Wildman–Crippen MR) is 92.6 cm³/mol. The molecule has 3 rings (SSSR count). The van der Waals surface area contributed by atoms with Gasteiger partial charge in [0.2, 0.25) is 0 Å². The van der Waals surface area contributed by atoms with E-state index in [1.165, 1.54) is 36.4 Å². The molecule has 0 fully saturated rings. The van der Waals surface area contributed by atoms with Gasteiger partial charge in [-0.3, -0.25) is 25.0 Å². The summed E-state index contributed by atoms with van der Waals surface area (Å²) in [6.45, 7) is 0. The van der Waals surface area contributed by atoms with E-state index >= 15 is 0 Å². The second-order valence-corrected chi connectivity index (χ2v) is 5.22. The van der Waals surface area contributed by atoms with Gasteiger partial charge in [-0.1, -0.05) is 18.2 Å². The number of fused-ring (bicyclic) bond motifs is 1. The highest BCUT2D eigenvalue weighted by atomic mass is 16.6. The van der Waals surface area contributed by atoms with E-state index in [2.05, 4.69) is 9.97 Å². The Morgan fingerprint density at radius 1 is 1.12 bits per heavy atom. The van der Waals surface area contributed by atoms with Crippen molar-refractivity contribution < 1.29 is 15.0 Å². The zero-order valence-corrected chi connectivity index (χ0v) is 12.9. The molecule has 3 aromatic rings. The number of aliphatic hydroxyl groups excluding tert-OH is 1. The van der Waals surface area contributed by atoms with Crippen LogP contribution in [0.5, 0.6) is 0 Å². The van der Waals surface area contributed by atoms with E-state index in [-0.39, 0.29) is 33.7 Å². The molecule has 0 radical (unpaired) electrons. The first-order valence-electron chi connectivity index (χ1n) is 7.20. The van der Waals surface area contributed by atoms with Crippen molar-refractivity contribution in [1.82, 2.24) is 9.97 Å². The number of aromatic amines is 1. The molecule has 1 heterocycles. The third-order valence-electron chi connectivity index (χ3n) is 3.56. The third-order valence-corrected chi connectivity index (χ3v) is 3.56. The summed E-state index contributed by atoms with van der Waals surface area (Å²) in [4.78, 5) is 39.1. The van der Waals surface area contributed by atoms with Gasteiger partial charge in [0.15, 0.2) is 0 Å². The third kappa shape index (κ3) is 3.11. The number of benzene rings is 2. The summed E-state index contributed by atoms with van der Waals surface area (Å²) in [6.07, 6.45) is 1.04. The number of hydrogen-bond acceptors (Lipinski definition) is 7. The molecule has 10 nitrogen and oxygen atoms in total. The quantitative estimate of drug-likeness (QED) is 0.415. The number of hydrogen-bond donors (Lipinski definition) is 2. The molecule has 0 aliphatic heterocycles. The van der Waals surface area contributed by atoms with Crippen LogP contribution in [0, 0.1) is 20.2 Å². The number of para-hydroxylation sites is 1. The van der Waals surface area contributed by atoms with Crippen LogP contribution in [-0.2, 0) is 0 Å². The van der Waals surface area contributed by atoms with Gasteiger partial charge in [0, 0.05) is 29.8 Å². The van der Waals surface area contributed by atoms with Crippen molar-refractivity contribution in [3.63, 3.8) is 0 Å². The lowest BCUT2D eigenvalue weighted by Crippen LogP contribution is -2.13. The molecule has 2 aromatic carbocycles. The van der Waals surface area contributed by atoms with E-state index in [1.54, 1.807) is 0 Å². The van der Waals surface area contributed by atoms with Crippen LogP contribution in [0.4, 0.5) is 11.4 Å². The van der Waals surface area contributed by atoms with Gasteiger partial charge in [-0.25, -0.2) is 4.98 Å². The van der Waals surface area contributed by atoms with Crippen LogP contribution in [0.1, 0.15) is 11.3 Å². The molecule has 130 valence electrons. The number of rotatable bonds is 4. The second kappa shape index (κ2) is 6.43. The van der Waals surface area contributed by atoms with Gasteiger partial charge in [0.05, 0.1) is 15.4 Å². The molecule has 26 heavy (non-hydrogen) atoms. The highest BCUT2D eigenvalue weighted by molar-refractivity contribution is 5.85. The van der Waals surface area contributed by atoms with Crippen LogP contribution in [0.3, 0.4) is 0 Å². The number of nitrogens with one attached hydrogen (secondary N) is 1. The fourth-order valence-electron chi connectivity index (χ4n) is 2.35. The molecular weight excluding hydrogens is 344 g/mol. The van der Waals surface area contributed by atoms with Gasteiger partial charge < -0.3 is 10.1 Å². The number of H-pyrrole nitrogens is 1. The Hall–Kier alpha value is -4.08. The number of aromatic nitrogens is 2. The van der Waals surface area contributed by atoms with E-state index in [0.29, 0.717) is 0 Å². The summed E-state index contributed by atoms with van der Waals surface area (Å²) < 4.78 is 0. The van der Waals surface area contributed by atoms with Crippen molar-refractivity contribution in [3.05, 3.63) is 84.3 Å². The van der Waals surface area contributed by atoms with Gasteiger partial charge in [-0.2, -0.15) is 0 Å². The Morgan fingerprint density at radius 3 is 2.54 bits per heavy atom. The molecule has 10 heteroatoms. The van der Waals surface area contributed by atoms with Crippen molar-refractivity contribution >= 4 is 34.2 Å². The van der Waals surface area contributed by atoms with E-state index < -0.39 is 21.2 Å². The molecule has 1 aromatic heterocycles. The van der Waals surface area contributed by atoms with Crippen molar-refractivity contribution in [2.75, 3.05) is 0 Å². The standard InChI is InChI=1S/C16H10N4O6/c21-14(9-3-1-4-10(7-9)19(23)24)8-12-16(22)18-15-11(17-12)5-2-6-13(15)20(25)26/h1-8,21H,(H,18,22)/b14-8-. The second-order valence-electron chi connectivity index (χ2n) is 5.22. The maximum absolute atomic E-state index is 12.1. The summed E-state index contributed by atoms with van der Waals surface area (Å²) in [5.41, 5.74) is -1.21. The molecule has 0 spiro atoms. The molecule has 0 aliphatic carbocycles. The highest BCUT2D eigenvalue weighted by Gasteiger charge is 2.15. The minimum absolute atomic E-state index is 0.0329. The van der Waals surface area contributed by atoms with Crippen molar-refractivity contribution in [3.8, 4) is 0 Å². The largest absolute Gasteiger partial charge is 0.507 e. The molecule has 2 N–H and O–H groups in total. The molecule has 0 saturated carbocycles. The Bertz CT molecular complexity index is 1140. The SMILES string of the molecule is O=c1[nH]c2c([N+](=O)[O-])cccc2nc1/C=C(\O)c1cccc([N+](=O)[O-])c1. The molecule has 0 aliphatic rings. The first-order chi connectivity index (χ1) is 12.4. The average Bonchev–Trinajstić information content (AvgIpc) is 2.61. The van der Waals surface area contributed by atoms with E-state index in [9.17, 15) is 30.1 Å². The Kier molecular flexibility index (Phi) is 4.15. The van der Waals surface area contributed by atoms with Crippen LogP contribution < -0.4 is 5.56 Å². The lowest BCUT2D eigenvalue weighted by Gasteiger charge is -2.02. The monoisotopic (exact) mass is 354 g/mol. The zero-order valence-electron chi connectivity index (χ0n) is 12.9. The van der Waals surface area contributed by atoms with Crippen LogP contribution >= 0.6 is 0 Å². The number of nitrogens with zero attached hydrogens (tertiary/aromatic N) is 3. The molecule has 0 bridgehead atoms. The summed E-state index contributed by atoms with van der Waals surface area (Å²) in [5, 5.41) is 32.0. The minimum atomic E-state index is -0.746. The van der Waals surface area contributed by atoms with Crippen LogP contribution in [0.15, 0.2) is 47.3 Å². The summed E-state index contributed by atoms with van der Waals surface area (Å²) >= 11 is 0. The smallest absolute Gasteiger partial charge is 0.295 e. The maximum Gasteiger partial charge on any atom is 0.295 e. The molecule has 0 atom stereocenters. The molecular formula is C16H10N4O6. The first-order valence-corrected chi connectivity index (χ1v) is 7.20. The Morgan fingerprint density at radius 2 is 1.85 bits per heavy atom. The zero-order chi connectivity index (χ0) is 18.8. The van der Waals surface area contributed by atoms with E-state index in [1.807, 2.05) is 0 Å². The average molecular weight is 354 g/mol. The van der Waals surface area contributed by atoms with Gasteiger partial charge >= 0.3 is 0 Å². The number of non-ortho nitro benzene ring substituents is 2. The highest BCUT2D eigenvalue weighted by Crippen LogP contribution is 2.22. The van der Waals surface area contributed by atoms with E-state index in [0.717, 1.165) is 12.1 Å². The van der Waals surface area contributed by atoms with E-state index in [4.69, 9.17) is 0 Å². The van der Waals surface area contributed by atoms with Gasteiger partial charge in [-0.05, 0) is 6.07 Å². The lowest BCUT2D eigenvalue weighted by molar-refractivity contribution is -0.384. The van der Waals surface area contributed by atoms with Gasteiger partial charge in [0.1, 0.15) is 17.0 Å². The number of nitro benzene ring substituents is 2. The number of aliphatic hydroxyl groups is 1. The fourth-order valence-corrected chi connectivity index (χ4v) is 2.35. The van der Waals surface area contributed by atoms with Gasteiger partial charge in [0.25, 0.3) is 16.9 Å². The lowest BCUT2D eigenvalue weighted by atomic mass is 10.1. The molecule has 0 saturated heterocycles. The van der Waals surface area contributed by atoms with Crippen molar-refractivity contribution in [1.29, 1.82) is 0 Å². The Balaban J connectivity index is 2.11. The minimum Gasteiger partial charge on any atom is -0.507 e. The maximum atomic E-state index is 12.1. The number of nitro groups is 2. The summed E-state index contributed by atoms with van der Waals surface area (Å²) in [5.74, 6) is -0.406.